The van der Waals surface area contributed by atoms with Crippen LogP contribution in [0.4, 0.5) is 0 Å². The molecule has 1 rings (SSSR count). The number of esters is 1. The van der Waals surface area contributed by atoms with Gasteiger partial charge in [-0.2, -0.15) is 0 Å². The van der Waals surface area contributed by atoms with E-state index in [4.69, 9.17) is 22.4 Å². The predicted molar refractivity (Wildman–Crippen MR) is 298 cm³/mol. The second-order valence-corrected chi connectivity index (χ2v) is 45.8. The Morgan fingerprint density at radius 3 is 1.58 bits per heavy atom. The van der Waals surface area contributed by atoms with Crippen LogP contribution in [0.1, 0.15) is 150 Å². The largest absolute Gasteiger partial charge is 0.458 e. The van der Waals surface area contributed by atoms with Crippen molar-refractivity contribution in [2.24, 2.45) is 35.5 Å². The van der Waals surface area contributed by atoms with E-state index in [9.17, 15) is 4.79 Å². The first-order valence-electron chi connectivity index (χ1n) is 25.8. The van der Waals surface area contributed by atoms with Gasteiger partial charge >= 0.3 is 5.97 Å². The number of hydrogen-bond donors (Lipinski definition) is 0. The van der Waals surface area contributed by atoms with Gasteiger partial charge in [-0.1, -0.05) is 180 Å². The highest BCUT2D eigenvalue weighted by atomic mass is 28.4. The molecule has 1 heterocycles. The van der Waals surface area contributed by atoms with Crippen LogP contribution in [0.2, 0.25) is 72.5 Å². The topological polar surface area (TPSA) is 63.2 Å². The summed E-state index contributed by atoms with van der Waals surface area (Å²) in [5, 5.41) is 0.176. The average Bonchev–Trinajstić information content (AvgIpc) is 3.14. The van der Waals surface area contributed by atoms with Crippen LogP contribution in [0, 0.1) is 35.5 Å². The first kappa shape index (κ1) is 62.9. The predicted octanol–water partition coefficient (Wildman–Crippen LogP) is 17.3. The van der Waals surface area contributed by atoms with Gasteiger partial charge in [0.1, 0.15) is 6.10 Å². The number of carbonyl (C=O) groups excluding carboxylic acids is 1. The van der Waals surface area contributed by atoms with Crippen LogP contribution >= 0.6 is 0 Å². The van der Waals surface area contributed by atoms with Crippen molar-refractivity contribution in [2.45, 2.75) is 253 Å². The maximum Gasteiger partial charge on any atom is 0.331 e. The molecule has 0 aromatic carbocycles. The Morgan fingerprint density at radius 2 is 1.09 bits per heavy atom. The smallest absolute Gasteiger partial charge is 0.331 e. The summed E-state index contributed by atoms with van der Waals surface area (Å²) >= 11 is 0. The van der Waals surface area contributed by atoms with Crippen molar-refractivity contribution >= 4 is 39.2 Å². The third-order valence-corrected chi connectivity index (χ3v) is 34.6. The number of cyclic esters (lactones) is 1. The molecule has 1 aliphatic heterocycles. The summed E-state index contributed by atoms with van der Waals surface area (Å²) in [5.41, 5.74) is 0. The molecule has 11 atom stereocenters. The van der Waals surface area contributed by atoms with Gasteiger partial charge < -0.3 is 22.4 Å². The van der Waals surface area contributed by atoms with Gasteiger partial charge in [-0.05, 0) is 115 Å². The summed E-state index contributed by atoms with van der Waals surface area (Å²) in [6, 6.07) is 0. The number of hydrogen-bond acceptors (Lipinski definition) is 6. The van der Waals surface area contributed by atoms with Gasteiger partial charge in [0.2, 0.25) is 0 Å². The summed E-state index contributed by atoms with van der Waals surface area (Å²) in [7, 11) is -8.76. The van der Waals surface area contributed by atoms with E-state index in [1.807, 2.05) is 18.2 Å². The van der Waals surface area contributed by atoms with Crippen molar-refractivity contribution < 1.29 is 27.2 Å². The molecular weight excluding hydrogens is 881 g/mol. The van der Waals surface area contributed by atoms with Crippen molar-refractivity contribution in [3.05, 3.63) is 61.3 Å². The van der Waals surface area contributed by atoms with E-state index in [2.05, 4.69) is 208 Å². The maximum atomic E-state index is 13.9. The molecule has 0 radical (unpaired) electrons. The SMILES string of the molecule is C=C/C=C\[C@H](C)C1OC(=O)/C=C\C=C\[C@@H](C)[C@@H](O[Si](C)(C)C(C)(C)C)C[C@H](O[Si](C)(C)C(C)(C)C)/C=C\[C@H](C)[C@H](O[Si](C)(C)C(C)(C)C)[C@@H](C)C[C@@H](C)CC[C@@H](O[Si](C)(C)C(C)(C)C)[C@@H]1C. The Kier molecular flexibility index (Phi) is 23.6. The van der Waals surface area contributed by atoms with E-state index in [0.29, 0.717) is 11.8 Å². The number of ether oxygens (including phenoxy) is 1. The van der Waals surface area contributed by atoms with Crippen molar-refractivity contribution in [1.82, 2.24) is 0 Å². The molecule has 0 bridgehead atoms. The Hall–Kier alpha value is -1.12. The summed E-state index contributed by atoms with van der Waals surface area (Å²) in [4.78, 5) is 13.9. The van der Waals surface area contributed by atoms with E-state index in [1.165, 1.54) is 0 Å². The van der Waals surface area contributed by atoms with Gasteiger partial charge in [0.05, 0.1) is 24.4 Å². The van der Waals surface area contributed by atoms with E-state index in [-0.39, 0.29) is 74.2 Å². The molecule has 0 amide bonds. The lowest BCUT2D eigenvalue weighted by Crippen LogP contribution is -2.48. The summed E-state index contributed by atoms with van der Waals surface area (Å²) in [6.45, 7) is 64.5. The third kappa shape index (κ3) is 19.2. The van der Waals surface area contributed by atoms with Crippen LogP contribution in [0.3, 0.4) is 0 Å². The zero-order valence-corrected chi connectivity index (χ0v) is 52.0. The van der Waals surface area contributed by atoms with Gasteiger partial charge in [-0.3, -0.25) is 0 Å². The van der Waals surface area contributed by atoms with Crippen LogP contribution in [0.15, 0.2) is 61.3 Å². The Balaban J connectivity index is 4.21. The highest BCUT2D eigenvalue weighted by molar-refractivity contribution is 6.75. The molecule has 66 heavy (non-hydrogen) atoms. The lowest BCUT2D eigenvalue weighted by molar-refractivity contribution is -0.150. The summed E-state index contributed by atoms with van der Waals surface area (Å²) in [6.07, 6.45) is 21.2. The molecule has 1 aliphatic rings. The van der Waals surface area contributed by atoms with Crippen LogP contribution < -0.4 is 0 Å². The summed E-state index contributed by atoms with van der Waals surface area (Å²) < 4.78 is 36.1. The monoisotopic (exact) mass is 989 g/mol. The minimum atomic E-state index is -2.21. The fourth-order valence-corrected chi connectivity index (χ4v) is 13.4. The number of rotatable bonds is 11. The summed E-state index contributed by atoms with van der Waals surface area (Å²) in [5.74, 6) is 0.522. The second kappa shape index (κ2) is 24.8. The first-order valence-corrected chi connectivity index (χ1v) is 37.5. The molecule has 0 fully saturated rings. The highest BCUT2D eigenvalue weighted by Crippen LogP contribution is 2.44. The van der Waals surface area contributed by atoms with Gasteiger partial charge in [0.15, 0.2) is 33.3 Å². The minimum absolute atomic E-state index is 0.0296. The second-order valence-electron chi connectivity index (χ2n) is 26.8. The lowest BCUT2D eigenvalue weighted by atomic mass is 9.82. The molecule has 0 aromatic rings. The minimum Gasteiger partial charge on any atom is -0.458 e. The van der Waals surface area contributed by atoms with E-state index < -0.39 is 39.4 Å². The maximum absolute atomic E-state index is 13.9. The molecule has 0 aliphatic carbocycles. The zero-order chi connectivity index (χ0) is 51.7. The molecular formula is C56H108O6Si4. The molecule has 0 saturated carbocycles. The fourth-order valence-electron chi connectivity index (χ4n) is 7.80. The van der Waals surface area contributed by atoms with Gasteiger partial charge in [0.25, 0.3) is 0 Å². The Morgan fingerprint density at radius 1 is 0.621 bits per heavy atom. The molecule has 384 valence electrons. The lowest BCUT2D eigenvalue weighted by Gasteiger charge is -2.44. The first-order chi connectivity index (χ1) is 29.6. The Labute approximate surface area is 414 Å². The van der Waals surface area contributed by atoms with Crippen molar-refractivity contribution in [3.8, 4) is 0 Å². The Bertz CT molecular complexity index is 1620. The van der Waals surface area contributed by atoms with Crippen molar-refractivity contribution in [1.29, 1.82) is 0 Å². The normalized spacial score (nSPS) is 30.7. The standard InChI is InChI=1S/C56H108O6Si4/c1-28-29-32-43(4)52-46(7)48(60-64(22,23)54(11,12)13)38-35-41(2)39-45(6)51(62-66(26,27)56(17,18)19)44(5)36-37-47(59-63(20,21)53(8,9)10)40-49(61-65(24,25)55(14,15)16)42(3)33-30-31-34-50(57)58-52/h28-34,36-37,41-49,51-52H,1,35,38-40H2,2-27H3/b32-29-,33-30+,34-31-,37-36-/t41-,42+,43-,44-,45-,46-,47+,48+,49-,51-,52?/m0/s1. The van der Waals surface area contributed by atoms with Crippen LogP contribution in [-0.4, -0.2) is 69.8 Å². The van der Waals surface area contributed by atoms with Crippen molar-refractivity contribution in [3.63, 3.8) is 0 Å². The van der Waals surface area contributed by atoms with Crippen LogP contribution in [-0.2, 0) is 27.2 Å². The van der Waals surface area contributed by atoms with Crippen LogP contribution in [0.25, 0.3) is 0 Å². The fraction of sp³-hybridized carbons (Fsp3) is 0.804. The number of carbonyl (C=O) groups is 1. The van der Waals surface area contributed by atoms with Gasteiger partial charge in [-0.25, -0.2) is 4.79 Å². The molecule has 0 aromatic heterocycles. The van der Waals surface area contributed by atoms with Crippen molar-refractivity contribution in [2.75, 3.05) is 0 Å². The van der Waals surface area contributed by atoms with Gasteiger partial charge in [-0.15, -0.1) is 0 Å². The highest BCUT2D eigenvalue weighted by Gasteiger charge is 2.45. The number of allylic oxidation sites excluding steroid dienone is 4. The molecule has 0 spiro atoms. The molecule has 10 heteroatoms. The molecule has 0 N–H and O–H groups in total. The zero-order valence-electron chi connectivity index (χ0n) is 48.0. The average molecular weight is 990 g/mol. The van der Waals surface area contributed by atoms with Gasteiger partial charge in [0, 0.05) is 24.3 Å². The third-order valence-electron chi connectivity index (χ3n) is 16.7. The quantitative estimate of drug-likeness (QED) is 0.0890. The van der Waals surface area contributed by atoms with Crippen LogP contribution in [0.5, 0.6) is 0 Å². The molecule has 6 nitrogen and oxygen atoms in total. The van der Waals surface area contributed by atoms with E-state index >= 15 is 0 Å². The van der Waals surface area contributed by atoms with E-state index in [1.54, 1.807) is 12.2 Å². The molecule has 1 unspecified atom stereocenters. The van der Waals surface area contributed by atoms with E-state index in [0.717, 1.165) is 25.7 Å². The molecule has 0 saturated heterocycles.